The number of unbranched alkanes of at least 4 members (excludes halogenated alkanes) is 28. The molecule has 0 saturated carbocycles. The van der Waals surface area contributed by atoms with Gasteiger partial charge in [-0.3, -0.25) is 24.4 Å². The molecule has 10 nitrogen and oxygen atoms in total. The van der Waals surface area contributed by atoms with Gasteiger partial charge in [0.15, 0.2) is 0 Å². The molecule has 454 valence electrons. The molecule has 0 bridgehead atoms. The van der Waals surface area contributed by atoms with Gasteiger partial charge < -0.3 is 25.2 Å². The minimum Gasteiger partial charge on any atom is -0.464 e. The van der Waals surface area contributed by atoms with Crippen molar-refractivity contribution in [1.29, 1.82) is 0 Å². The van der Waals surface area contributed by atoms with Gasteiger partial charge in [0, 0.05) is 89.4 Å². The fourth-order valence-corrected chi connectivity index (χ4v) is 13.2. The third-order valence-electron chi connectivity index (χ3n) is 16.2. The average Bonchev–Trinajstić information content (AvgIpc) is 3.40. The lowest BCUT2D eigenvalue weighted by Gasteiger charge is -2.34. The third-order valence-corrected chi connectivity index (χ3v) is 18.6. The summed E-state index contributed by atoms with van der Waals surface area (Å²) >= 11 is 0. The lowest BCUT2D eigenvalue weighted by molar-refractivity contribution is -0.144. The zero-order valence-electron chi connectivity index (χ0n) is 51.1. The van der Waals surface area contributed by atoms with E-state index < -0.39 is 12.2 Å². The zero-order valence-corrected chi connectivity index (χ0v) is 52.7. The molecule has 1 heterocycles. The van der Waals surface area contributed by atoms with Crippen molar-refractivity contribution >= 4 is 27.6 Å². The van der Waals surface area contributed by atoms with Crippen LogP contribution in [-0.2, 0) is 9.53 Å². The number of hydrogen-bond donors (Lipinski definition) is 4. The van der Waals surface area contributed by atoms with E-state index in [1.165, 1.54) is 180 Å². The van der Waals surface area contributed by atoms with Gasteiger partial charge in [-0.05, 0) is 52.0 Å². The highest BCUT2D eigenvalue weighted by Gasteiger charge is 2.22. The molecule has 0 aliphatic carbocycles. The van der Waals surface area contributed by atoms with Crippen molar-refractivity contribution in [3.05, 3.63) is 0 Å². The minimum absolute atomic E-state index is 0.146. The van der Waals surface area contributed by atoms with E-state index in [0.29, 0.717) is 58.2 Å². The molecular weight excluding hydrogens is 985 g/mol. The molecule has 0 radical (unpaired) electrons. The molecule has 5 atom stereocenters. The Morgan fingerprint density at radius 1 is 0.434 bits per heavy atom. The number of aliphatic hydroxyl groups excluding tert-OH is 4. The monoisotopic (exact) mass is 1110 g/mol. The first kappa shape index (κ1) is 73.9. The number of hydrogen-bond acceptors (Lipinski definition) is 12. The molecule has 4 N–H and O–H groups in total. The fraction of sp³-hybridized carbons (Fsp3) is 0.984. The Hall–Kier alpha value is -0.150. The minimum atomic E-state index is -0.404. The number of aliphatic hydroxyl groups is 4. The maximum absolute atomic E-state index is 12.9. The molecular formula is C64H130N4O6S2. The summed E-state index contributed by atoms with van der Waals surface area (Å²) in [7, 11) is 3.95. The van der Waals surface area contributed by atoms with Crippen LogP contribution < -0.4 is 0 Å². The highest BCUT2D eigenvalue weighted by atomic mass is 33.1. The highest BCUT2D eigenvalue weighted by Crippen LogP contribution is 2.25. The molecule has 0 amide bonds. The van der Waals surface area contributed by atoms with E-state index in [0.717, 1.165) is 109 Å². The number of rotatable bonds is 59. The van der Waals surface area contributed by atoms with Crippen LogP contribution in [0.2, 0.25) is 0 Å². The van der Waals surface area contributed by atoms with Crippen LogP contribution in [0.4, 0.5) is 0 Å². The topological polar surface area (TPSA) is 120 Å². The Morgan fingerprint density at radius 2 is 0.763 bits per heavy atom. The van der Waals surface area contributed by atoms with E-state index in [2.05, 4.69) is 54.2 Å². The fourth-order valence-electron chi connectivity index (χ4n) is 11.0. The SMILES string of the molecule is CCCCCCCCCCC(O)CN(CCCC(=O)OCCN1CCN(CCSSCCC(C)N(CC(O)CCCCCCCCCC)CC(O)CCCCCCCCCC)CC1)CC(O)CCCCCCCCCC. The van der Waals surface area contributed by atoms with Crippen molar-refractivity contribution in [3.8, 4) is 0 Å². The first-order valence-electron chi connectivity index (χ1n) is 33.1. The number of ether oxygens (including phenoxy) is 1. The van der Waals surface area contributed by atoms with Crippen LogP contribution in [-0.4, -0.2) is 167 Å². The third kappa shape index (κ3) is 47.5. The highest BCUT2D eigenvalue weighted by molar-refractivity contribution is 8.76. The van der Waals surface area contributed by atoms with Crippen molar-refractivity contribution in [2.75, 3.05) is 90.1 Å². The molecule has 1 aliphatic rings. The number of piperazine rings is 1. The maximum atomic E-state index is 12.9. The van der Waals surface area contributed by atoms with Gasteiger partial charge in [-0.2, -0.15) is 0 Å². The van der Waals surface area contributed by atoms with Crippen LogP contribution in [0.15, 0.2) is 0 Å². The molecule has 1 rings (SSSR count). The van der Waals surface area contributed by atoms with Crippen molar-refractivity contribution < 1.29 is 30.0 Å². The van der Waals surface area contributed by atoms with E-state index in [4.69, 9.17) is 4.74 Å². The predicted octanol–water partition coefficient (Wildman–Crippen LogP) is 15.3. The molecule has 0 spiro atoms. The standard InChI is InChI=1S/C64H130N4O6S2/c1-6-10-14-18-22-26-30-34-39-60(69)55-67(56-61(70)40-35-31-27-23-19-15-11-7-2)45-38-43-64(73)74-52-50-65-46-48-66(49-47-65)51-54-76-75-53-44-59(5)68(57-62(71)41-36-32-28-24-20-16-12-8-3)58-63(72)42-37-33-29-25-21-17-13-9-4/h59-63,69-72H,6-58H2,1-5H3. The Bertz CT molecular complexity index is 1150. The van der Waals surface area contributed by atoms with Crippen LogP contribution in [0.3, 0.4) is 0 Å². The second kappa shape index (κ2) is 55.4. The molecule has 0 aromatic heterocycles. The number of carbonyl (C=O) groups is 1. The molecule has 0 aromatic rings. The van der Waals surface area contributed by atoms with Crippen LogP contribution in [0.25, 0.3) is 0 Å². The Morgan fingerprint density at radius 3 is 1.14 bits per heavy atom. The number of nitrogens with zero attached hydrogens (tertiary/aromatic N) is 4. The Labute approximate surface area is 480 Å². The van der Waals surface area contributed by atoms with Crippen LogP contribution in [0.1, 0.15) is 285 Å². The molecule has 1 saturated heterocycles. The first-order valence-corrected chi connectivity index (χ1v) is 35.6. The largest absolute Gasteiger partial charge is 0.464 e. The number of esters is 1. The predicted molar refractivity (Wildman–Crippen MR) is 333 cm³/mol. The smallest absolute Gasteiger partial charge is 0.305 e. The molecule has 0 aromatic carbocycles. The quantitative estimate of drug-likeness (QED) is 0.0264. The van der Waals surface area contributed by atoms with E-state index in [9.17, 15) is 25.2 Å². The van der Waals surface area contributed by atoms with E-state index >= 15 is 0 Å². The zero-order chi connectivity index (χ0) is 55.4. The van der Waals surface area contributed by atoms with E-state index in [1.807, 2.05) is 21.6 Å². The van der Waals surface area contributed by atoms with Gasteiger partial charge in [-0.1, -0.05) is 255 Å². The van der Waals surface area contributed by atoms with Gasteiger partial charge in [-0.25, -0.2) is 0 Å². The molecule has 76 heavy (non-hydrogen) atoms. The van der Waals surface area contributed by atoms with Crippen molar-refractivity contribution in [2.24, 2.45) is 0 Å². The van der Waals surface area contributed by atoms with Crippen molar-refractivity contribution in [2.45, 2.75) is 315 Å². The summed E-state index contributed by atoms with van der Waals surface area (Å²) in [4.78, 5) is 22.4. The molecule has 5 unspecified atom stereocenters. The second-order valence-electron chi connectivity index (χ2n) is 23.7. The van der Waals surface area contributed by atoms with E-state index in [1.54, 1.807) is 0 Å². The summed E-state index contributed by atoms with van der Waals surface area (Å²) in [6, 6.07) is 0.324. The lowest BCUT2D eigenvalue weighted by atomic mass is 10.0. The summed E-state index contributed by atoms with van der Waals surface area (Å²) in [6.45, 7) is 20.8. The summed E-state index contributed by atoms with van der Waals surface area (Å²) in [5, 5.41) is 44.3. The van der Waals surface area contributed by atoms with Gasteiger partial charge in [0.25, 0.3) is 0 Å². The maximum Gasteiger partial charge on any atom is 0.305 e. The summed E-state index contributed by atoms with van der Waals surface area (Å²) in [5.74, 6) is 2.02. The van der Waals surface area contributed by atoms with Crippen LogP contribution in [0.5, 0.6) is 0 Å². The van der Waals surface area contributed by atoms with Crippen LogP contribution in [0, 0.1) is 0 Å². The average molecular weight is 1120 g/mol. The second-order valence-corrected chi connectivity index (χ2v) is 26.4. The van der Waals surface area contributed by atoms with E-state index in [-0.39, 0.29) is 18.2 Å². The lowest BCUT2D eigenvalue weighted by Crippen LogP contribution is -2.47. The van der Waals surface area contributed by atoms with Gasteiger partial charge >= 0.3 is 5.97 Å². The molecule has 12 heteroatoms. The van der Waals surface area contributed by atoms with Crippen molar-refractivity contribution in [1.82, 2.24) is 19.6 Å². The Kier molecular flexibility index (Phi) is 53.8. The van der Waals surface area contributed by atoms with Gasteiger partial charge in [0.1, 0.15) is 6.61 Å². The summed E-state index contributed by atoms with van der Waals surface area (Å²) < 4.78 is 5.73. The van der Waals surface area contributed by atoms with Crippen molar-refractivity contribution in [3.63, 3.8) is 0 Å². The summed E-state index contributed by atoms with van der Waals surface area (Å²) in [6.07, 6.45) is 44.5. The van der Waals surface area contributed by atoms with Gasteiger partial charge in [-0.15, -0.1) is 0 Å². The normalized spacial score (nSPS) is 15.7. The van der Waals surface area contributed by atoms with Crippen LogP contribution >= 0.6 is 21.6 Å². The Balaban J connectivity index is 2.40. The summed E-state index contributed by atoms with van der Waals surface area (Å²) in [5.41, 5.74) is 0. The van der Waals surface area contributed by atoms with Gasteiger partial charge in [0.05, 0.1) is 24.4 Å². The number of carbonyl (C=O) groups excluding carboxylic acids is 1. The molecule has 1 fully saturated rings. The molecule has 1 aliphatic heterocycles. The van der Waals surface area contributed by atoms with Gasteiger partial charge in [0.2, 0.25) is 0 Å². The first-order chi connectivity index (χ1) is 37.1.